The van der Waals surface area contributed by atoms with E-state index in [1.54, 1.807) is 13.8 Å². The first-order chi connectivity index (χ1) is 7.79. The fourth-order valence-electron chi connectivity index (χ4n) is 2.30. The van der Waals surface area contributed by atoms with Gasteiger partial charge in [-0.1, -0.05) is 6.92 Å². The number of amides is 1. The predicted molar refractivity (Wildman–Crippen MR) is 70.7 cm³/mol. The molecule has 0 radical (unpaired) electrons. The fourth-order valence-corrected chi connectivity index (χ4v) is 2.30. The Balaban J connectivity index is 2.34. The summed E-state index contributed by atoms with van der Waals surface area (Å²) in [6.45, 7) is 11.0. The van der Waals surface area contributed by atoms with E-state index < -0.39 is 5.54 Å². The largest absolute Gasteiger partial charge is 0.351 e. The number of nitrogens with two attached hydrogens (primary N) is 1. The summed E-state index contributed by atoms with van der Waals surface area (Å²) >= 11 is 0. The normalized spacial score (nSPS) is 24.4. The highest BCUT2D eigenvalue weighted by Gasteiger charge is 2.24. The van der Waals surface area contributed by atoms with Crippen molar-refractivity contribution in [3.63, 3.8) is 0 Å². The minimum absolute atomic E-state index is 0.0740. The molecule has 0 bridgehead atoms. The van der Waals surface area contributed by atoms with Crippen LogP contribution in [0.3, 0.4) is 0 Å². The predicted octanol–water partition coefficient (Wildman–Crippen LogP) is 0.960. The maximum atomic E-state index is 11.7. The number of rotatable bonds is 4. The standard InChI is InChI=1S/C13H27N3O/c1-10-6-5-7-16(8-10)9-11(2)15-12(17)13(3,4)14/h10-11H,5-9,14H2,1-4H3,(H,15,17). The number of nitrogens with one attached hydrogen (secondary N) is 1. The van der Waals surface area contributed by atoms with Gasteiger partial charge in [-0.25, -0.2) is 0 Å². The van der Waals surface area contributed by atoms with Crippen molar-refractivity contribution in [2.45, 2.75) is 52.1 Å². The van der Waals surface area contributed by atoms with Crippen LogP contribution in [0.4, 0.5) is 0 Å². The first-order valence-corrected chi connectivity index (χ1v) is 6.61. The first-order valence-electron chi connectivity index (χ1n) is 6.61. The lowest BCUT2D eigenvalue weighted by Gasteiger charge is -2.33. The van der Waals surface area contributed by atoms with Crippen LogP contribution in [0, 0.1) is 5.92 Å². The van der Waals surface area contributed by atoms with Crippen LogP contribution in [0.15, 0.2) is 0 Å². The molecule has 17 heavy (non-hydrogen) atoms. The molecule has 100 valence electrons. The molecule has 0 aliphatic carbocycles. The lowest BCUT2D eigenvalue weighted by molar-refractivity contribution is -0.126. The zero-order valence-corrected chi connectivity index (χ0v) is 11.6. The summed E-state index contributed by atoms with van der Waals surface area (Å²) in [5.74, 6) is 0.702. The van der Waals surface area contributed by atoms with Gasteiger partial charge in [0.25, 0.3) is 0 Å². The highest BCUT2D eigenvalue weighted by atomic mass is 16.2. The molecule has 1 amide bonds. The Hall–Kier alpha value is -0.610. The van der Waals surface area contributed by atoms with E-state index in [-0.39, 0.29) is 11.9 Å². The smallest absolute Gasteiger partial charge is 0.239 e. The van der Waals surface area contributed by atoms with E-state index in [2.05, 4.69) is 17.1 Å². The Morgan fingerprint density at radius 2 is 2.24 bits per heavy atom. The van der Waals surface area contributed by atoms with Crippen molar-refractivity contribution >= 4 is 5.91 Å². The van der Waals surface area contributed by atoms with Crippen LogP contribution in [0.5, 0.6) is 0 Å². The van der Waals surface area contributed by atoms with Crippen LogP contribution >= 0.6 is 0 Å². The van der Waals surface area contributed by atoms with Gasteiger partial charge in [-0.15, -0.1) is 0 Å². The molecule has 1 saturated heterocycles. The van der Waals surface area contributed by atoms with Gasteiger partial charge < -0.3 is 16.0 Å². The molecular weight excluding hydrogens is 214 g/mol. The highest BCUT2D eigenvalue weighted by Crippen LogP contribution is 2.15. The summed E-state index contributed by atoms with van der Waals surface area (Å²) in [6, 6.07) is 0.163. The number of likely N-dealkylation sites (tertiary alicyclic amines) is 1. The first kappa shape index (κ1) is 14.5. The zero-order valence-electron chi connectivity index (χ0n) is 11.6. The summed E-state index contributed by atoms with van der Waals surface area (Å²) in [5.41, 5.74) is 4.97. The number of carbonyl (C=O) groups is 1. The average molecular weight is 241 g/mol. The van der Waals surface area contributed by atoms with Crippen molar-refractivity contribution in [1.82, 2.24) is 10.2 Å². The second-order valence-corrected chi connectivity index (χ2v) is 6.10. The molecule has 4 heteroatoms. The van der Waals surface area contributed by atoms with Gasteiger partial charge in [0, 0.05) is 19.1 Å². The van der Waals surface area contributed by atoms with Crippen molar-refractivity contribution in [3.05, 3.63) is 0 Å². The average Bonchev–Trinajstić information content (AvgIpc) is 2.15. The van der Waals surface area contributed by atoms with Gasteiger partial charge in [-0.3, -0.25) is 4.79 Å². The zero-order chi connectivity index (χ0) is 13.1. The number of carbonyl (C=O) groups excluding carboxylic acids is 1. The third-order valence-corrected chi connectivity index (χ3v) is 3.24. The quantitative estimate of drug-likeness (QED) is 0.771. The van der Waals surface area contributed by atoms with Crippen LogP contribution in [-0.4, -0.2) is 42.0 Å². The molecule has 2 unspecified atom stereocenters. The van der Waals surface area contributed by atoms with Crippen LogP contribution in [0.2, 0.25) is 0 Å². The monoisotopic (exact) mass is 241 g/mol. The van der Waals surface area contributed by atoms with Crippen molar-refractivity contribution < 1.29 is 4.79 Å². The summed E-state index contributed by atoms with van der Waals surface area (Å²) in [7, 11) is 0. The number of piperidine rings is 1. The van der Waals surface area contributed by atoms with Crippen LogP contribution in [0.1, 0.15) is 40.5 Å². The lowest BCUT2D eigenvalue weighted by Crippen LogP contribution is -2.54. The van der Waals surface area contributed by atoms with Crippen molar-refractivity contribution in [3.8, 4) is 0 Å². The van der Waals surface area contributed by atoms with Crippen LogP contribution in [0.25, 0.3) is 0 Å². The fraction of sp³-hybridized carbons (Fsp3) is 0.923. The van der Waals surface area contributed by atoms with Crippen molar-refractivity contribution in [1.29, 1.82) is 0 Å². The Morgan fingerprint density at radius 1 is 1.59 bits per heavy atom. The molecule has 1 aliphatic rings. The summed E-state index contributed by atoms with van der Waals surface area (Å²) in [6.07, 6.45) is 2.59. The van der Waals surface area contributed by atoms with E-state index in [0.717, 1.165) is 25.6 Å². The molecule has 1 aliphatic heterocycles. The second kappa shape index (κ2) is 5.83. The molecule has 0 spiro atoms. The van der Waals surface area contributed by atoms with E-state index in [0.29, 0.717) is 0 Å². The van der Waals surface area contributed by atoms with Crippen molar-refractivity contribution in [2.75, 3.05) is 19.6 Å². The van der Waals surface area contributed by atoms with E-state index >= 15 is 0 Å². The highest BCUT2D eigenvalue weighted by molar-refractivity contribution is 5.85. The summed E-state index contributed by atoms with van der Waals surface area (Å²) in [4.78, 5) is 14.2. The van der Waals surface area contributed by atoms with Crippen molar-refractivity contribution in [2.24, 2.45) is 11.7 Å². The van der Waals surface area contributed by atoms with Gasteiger partial charge in [0.2, 0.25) is 5.91 Å². The van der Waals surface area contributed by atoms with Gasteiger partial charge in [0.1, 0.15) is 0 Å². The number of nitrogens with zero attached hydrogens (tertiary/aromatic N) is 1. The summed E-state index contributed by atoms with van der Waals surface area (Å²) in [5, 5.41) is 2.98. The molecule has 0 aromatic carbocycles. The number of hydrogen-bond acceptors (Lipinski definition) is 3. The minimum Gasteiger partial charge on any atom is -0.351 e. The maximum absolute atomic E-state index is 11.7. The maximum Gasteiger partial charge on any atom is 0.239 e. The molecule has 1 heterocycles. The molecule has 4 nitrogen and oxygen atoms in total. The Morgan fingerprint density at radius 3 is 2.76 bits per heavy atom. The van der Waals surface area contributed by atoms with Crippen LogP contribution < -0.4 is 11.1 Å². The van der Waals surface area contributed by atoms with E-state index in [1.807, 2.05) is 6.92 Å². The topological polar surface area (TPSA) is 58.4 Å². The number of hydrogen-bond donors (Lipinski definition) is 2. The molecule has 1 fully saturated rings. The van der Waals surface area contributed by atoms with Gasteiger partial charge in [0.15, 0.2) is 0 Å². The van der Waals surface area contributed by atoms with Gasteiger partial charge in [-0.2, -0.15) is 0 Å². The molecule has 3 N–H and O–H groups in total. The Labute approximate surface area is 105 Å². The third kappa shape index (κ3) is 5.04. The van der Waals surface area contributed by atoms with E-state index in [1.165, 1.54) is 12.8 Å². The molecular formula is C13H27N3O. The van der Waals surface area contributed by atoms with Gasteiger partial charge in [-0.05, 0) is 46.1 Å². The van der Waals surface area contributed by atoms with Crippen LogP contribution in [-0.2, 0) is 4.79 Å². The van der Waals surface area contributed by atoms with Gasteiger partial charge >= 0.3 is 0 Å². The lowest BCUT2D eigenvalue weighted by atomic mass is 10.00. The Kier molecular flexibility index (Phi) is 4.95. The molecule has 0 saturated carbocycles. The molecule has 1 rings (SSSR count). The second-order valence-electron chi connectivity index (χ2n) is 6.10. The summed E-state index contributed by atoms with van der Waals surface area (Å²) < 4.78 is 0. The van der Waals surface area contributed by atoms with Gasteiger partial charge in [0.05, 0.1) is 5.54 Å². The molecule has 0 aromatic rings. The molecule has 0 aromatic heterocycles. The Bertz CT molecular complexity index is 260. The van der Waals surface area contributed by atoms with E-state index in [4.69, 9.17) is 5.73 Å². The third-order valence-electron chi connectivity index (χ3n) is 3.24. The minimum atomic E-state index is -0.788. The SMILES string of the molecule is CC1CCCN(CC(C)NC(=O)C(C)(C)N)C1. The van der Waals surface area contributed by atoms with E-state index in [9.17, 15) is 4.79 Å². The molecule has 2 atom stereocenters.